The number of halogens is 1. The maximum absolute atomic E-state index is 5.47. The summed E-state index contributed by atoms with van der Waals surface area (Å²) in [6, 6.07) is 10.4. The molecule has 1 aromatic heterocycles. The summed E-state index contributed by atoms with van der Waals surface area (Å²) in [5.41, 5.74) is 1.25. The number of aliphatic imine (C=N–C) groups is 1. The number of imidazole rings is 1. The van der Waals surface area contributed by atoms with Crippen molar-refractivity contribution in [3.8, 4) is 0 Å². The number of aromatic nitrogens is 2. The highest BCUT2D eigenvalue weighted by atomic mass is 127. The van der Waals surface area contributed by atoms with Crippen LogP contribution in [0.4, 0.5) is 0 Å². The number of rotatable bonds is 12. The predicted molar refractivity (Wildman–Crippen MR) is 123 cm³/mol. The second-order valence-corrected chi connectivity index (χ2v) is 6.04. The van der Waals surface area contributed by atoms with E-state index in [2.05, 4.69) is 56.4 Å². The van der Waals surface area contributed by atoms with Crippen LogP contribution >= 0.6 is 24.0 Å². The van der Waals surface area contributed by atoms with E-state index < -0.39 is 0 Å². The molecule has 156 valence electrons. The molecular weight excluding hydrogens is 469 g/mol. The van der Waals surface area contributed by atoms with Gasteiger partial charge >= 0.3 is 0 Å². The van der Waals surface area contributed by atoms with Crippen LogP contribution in [-0.4, -0.2) is 55.5 Å². The van der Waals surface area contributed by atoms with Crippen molar-refractivity contribution in [3.05, 3.63) is 54.1 Å². The molecule has 2 N–H and O–H groups in total. The molecule has 7 nitrogen and oxygen atoms in total. The van der Waals surface area contributed by atoms with Crippen molar-refractivity contribution < 1.29 is 9.47 Å². The monoisotopic (exact) mass is 501 g/mol. The molecule has 0 aliphatic carbocycles. The Bertz CT molecular complexity index is 664. The summed E-state index contributed by atoms with van der Waals surface area (Å²) in [4.78, 5) is 9.11. The van der Waals surface area contributed by atoms with Crippen molar-refractivity contribution >= 4 is 29.9 Å². The molecule has 0 spiro atoms. The fourth-order valence-corrected chi connectivity index (χ4v) is 2.53. The Balaban J connectivity index is 0.00000392. The molecule has 0 fully saturated rings. The first kappa shape index (κ1) is 24.4. The minimum atomic E-state index is 0. The van der Waals surface area contributed by atoms with Crippen LogP contribution in [0.3, 0.4) is 0 Å². The normalized spacial score (nSPS) is 11.1. The molecule has 28 heavy (non-hydrogen) atoms. The zero-order valence-electron chi connectivity index (χ0n) is 16.8. The molecule has 8 heteroatoms. The summed E-state index contributed by atoms with van der Waals surface area (Å²) in [5, 5.41) is 6.60. The largest absolute Gasteiger partial charge is 0.382 e. The van der Waals surface area contributed by atoms with Gasteiger partial charge in [-0.25, -0.2) is 9.98 Å². The number of nitrogens with one attached hydrogen (secondary N) is 2. The zero-order chi connectivity index (χ0) is 19.2. The van der Waals surface area contributed by atoms with Gasteiger partial charge in [-0.05, 0) is 18.9 Å². The molecule has 0 atom stereocenters. The number of methoxy groups -OCH3 is 1. The van der Waals surface area contributed by atoms with Gasteiger partial charge in [0.25, 0.3) is 0 Å². The number of ether oxygens (including phenoxy) is 2. The second kappa shape index (κ2) is 15.3. The predicted octanol–water partition coefficient (Wildman–Crippen LogP) is 2.66. The van der Waals surface area contributed by atoms with Crippen LogP contribution in [0.1, 0.15) is 24.7 Å². The van der Waals surface area contributed by atoms with Crippen molar-refractivity contribution in [2.75, 3.05) is 40.0 Å². The van der Waals surface area contributed by atoms with Gasteiger partial charge in [0.2, 0.25) is 0 Å². The molecule has 0 aliphatic rings. The van der Waals surface area contributed by atoms with E-state index in [0.29, 0.717) is 26.4 Å². The maximum Gasteiger partial charge on any atom is 0.191 e. The number of hydrogen-bond donors (Lipinski definition) is 2. The lowest BCUT2D eigenvalue weighted by Crippen LogP contribution is -2.38. The number of nitrogens with zero attached hydrogens (tertiary/aromatic N) is 3. The van der Waals surface area contributed by atoms with Crippen LogP contribution in [-0.2, 0) is 22.6 Å². The van der Waals surface area contributed by atoms with E-state index in [9.17, 15) is 0 Å². The average Bonchev–Trinajstić information content (AvgIpc) is 3.13. The van der Waals surface area contributed by atoms with Gasteiger partial charge in [0, 0.05) is 45.7 Å². The number of hydrogen-bond acceptors (Lipinski definition) is 4. The Morgan fingerprint density at radius 1 is 1.14 bits per heavy atom. The van der Waals surface area contributed by atoms with Crippen LogP contribution < -0.4 is 10.6 Å². The smallest absolute Gasteiger partial charge is 0.191 e. The van der Waals surface area contributed by atoms with Crippen LogP contribution in [0.2, 0.25) is 0 Å². The highest BCUT2D eigenvalue weighted by Crippen LogP contribution is 2.06. The average molecular weight is 501 g/mol. The SMILES string of the molecule is CCNC(=NCc1nccn1Cc1ccccc1)NCCCOCCOC.I. The van der Waals surface area contributed by atoms with E-state index in [1.54, 1.807) is 7.11 Å². The summed E-state index contributed by atoms with van der Waals surface area (Å²) < 4.78 is 12.6. The van der Waals surface area contributed by atoms with E-state index in [1.807, 2.05) is 18.5 Å². The van der Waals surface area contributed by atoms with Gasteiger partial charge in [0.15, 0.2) is 5.96 Å². The number of guanidine groups is 1. The third-order valence-electron chi connectivity index (χ3n) is 3.91. The molecule has 0 radical (unpaired) electrons. The molecule has 0 amide bonds. The lowest BCUT2D eigenvalue weighted by atomic mass is 10.2. The van der Waals surface area contributed by atoms with Crippen LogP contribution in [0.15, 0.2) is 47.7 Å². The Kier molecular flexibility index (Phi) is 13.3. The van der Waals surface area contributed by atoms with E-state index >= 15 is 0 Å². The third kappa shape index (κ3) is 9.52. The molecule has 0 unspecified atom stereocenters. The summed E-state index contributed by atoms with van der Waals surface area (Å²) in [7, 11) is 1.68. The fraction of sp³-hybridized carbons (Fsp3) is 0.500. The summed E-state index contributed by atoms with van der Waals surface area (Å²) >= 11 is 0. The first-order valence-corrected chi connectivity index (χ1v) is 9.46. The van der Waals surface area contributed by atoms with E-state index in [-0.39, 0.29) is 24.0 Å². The van der Waals surface area contributed by atoms with Gasteiger partial charge < -0.3 is 24.7 Å². The highest BCUT2D eigenvalue weighted by Gasteiger charge is 2.04. The molecular formula is C20H32IN5O2. The third-order valence-corrected chi connectivity index (χ3v) is 3.91. The van der Waals surface area contributed by atoms with Gasteiger partial charge in [-0.15, -0.1) is 24.0 Å². The highest BCUT2D eigenvalue weighted by molar-refractivity contribution is 14.0. The second-order valence-electron chi connectivity index (χ2n) is 6.04. The Hall–Kier alpha value is -1.65. The fourth-order valence-electron chi connectivity index (χ4n) is 2.53. The quantitative estimate of drug-likeness (QED) is 0.203. The minimum absolute atomic E-state index is 0. The Labute approximate surface area is 185 Å². The number of benzene rings is 1. The van der Waals surface area contributed by atoms with Gasteiger partial charge in [0.05, 0.1) is 13.2 Å². The first-order chi connectivity index (χ1) is 13.3. The van der Waals surface area contributed by atoms with E-state index in [4.69, 9.17) is 9.47 Å². The Morgan fingerprint density at radius 3 is 2.71 bits per heavy atom. The molecule has 0 aliphatic heterocycles. The van der Waals surface area contributed by atoms with Crippen molar-refractivity contribution in [2.24, 2.45) is 4.99 Å². The van der Waals surface area contributed by atoms with E-state index in [0.717, 1.165) is 37.8 Å². The van der Waals surface area contributed by atoms with Crippen LogP contribution in [0.25, 0.3) is 0 Å². The molecule has 2 aromatic rings. The van der Waals surface area contributed by atoms with Crippen LogP contribution in [0, 0.1) is 0 Å². The van der Waals surface area contributed by atoms with Crippen molar-refractivity contribution in [1.82, 2.24) is 20.2 Å². The maximum atomic E-state index is 5.47. The van der Waals surface area contributed by atoms with Gasteiger partial charge in [-0.2, -0.15) is 0 Å². The van der Waals surface area contributed by atoms with Gasteiger partial charge in [-0.3, -0.25) is 0 Å². The summed E-state index contributed by atoms with van der Waals surface area (Å²) in [6.45, 7) is 6.97. The molecule has 1 heterocycles. The van der Waals surface area contributed by atoms with E-state index in [1.165, 1.54) is 5.56 Å². The summed E-state index contributed by atoms with van der Waals surface area (Å²) in [6.07, 6.45) is 4.73. The minimum Gasteiger partial charge on any atom is -0.382 e. The first-order valence-electron chi connectivity index (χ1n) is 9.46. The Morgan fingerprint density at radius 2 is 1.96 bits per heavy atom. The molecule has 0 bridgehead atoms. The van der Waals surface area contributed by atoms with Crippen molar-refractivity contribution in [3.63, 3.8) is 0 Å². The molecule has 2 rings (SSSR count). The standard InChI is InChI=1S/C20H31N5O2.HI/c1-3-21-20(23-10-7-13-27-15-14-26-2)24-16-19-22-11-12-25(19)17-18-8-5-4-6-9-18;/h4-6,8-9,11-12H,3,7,10,13-17H2,1-2H3,(H2,21,23,24);1H. The molecule has 0 saturated carbocycles. The lowest BCUT2D eigenvalue weighted by molar-refractivity contribution is 0.0698. The summed E-state index contributed by atoms with van der Waals surface area (Å²) in [5.74, 6) is 1.74. The topological polar surface area (TPSA) is 72.7 Å². The molecule has 1 aromatic carbocycles. The van der Waals surface area contributed by atoms with Crippen LogP contribution in [0.5, 0.6) is 0 Å². The van der Waals surface area contributed by atoms with Crippen molar-refractivity contribution in [2.45, 2.75) is 26.4 Å². The van der Waals surface area contributed by atoms with Crippen molar-refractivity contribution in [1.29, 1.82) is 0 Å². The zero-order valence-corrected chi connectivity index (χ0v) is 19.1. The molecule has 0 saturated heterocycles. The van der Waals surface area contributed by atoms with Gasteiger partial charge in [-0.1, -0.05) is 30.3 Å². The lowest BCUT2D eigenvalue weighted by Gasteiger charge is -2.12. The van der Waals surface area contributed by atoms with Gasteiger partial charge in [0.1, 0.15) is 12.4 Å².